The third-order valence-corrected chi connectivity index (χ3v) is 7.05. The Morgan fingerprint density at radius 1 is 0.971 bits per heavy atom. The molecule has 0 atom stereocenters. The fraction of sp³-hybridized carbons (Fsp3) is 0.720. The first-order chi connectivity index (χ1) is 16.2. The first-order valence-electron chi connectivity index (χ1n) is 12.5. The van der Waals surface area contributed by atoms with Gasteiger partial charge in [0.2, 0.25) is 0 Å². The van der Waals surface area contributed by atoms with Crippen LogP contribution in [0.1, 0.15) is 39.3 Å². The van der Waals surface area contributed by atoms with Crippen LogP contribution in [-0.4, -0.2) is 110 Å². The van der Waals surface area contributed by atoms with Crippen LogP contribution in [0.15, 0.2) is 12.1 Å². The summed E-state index contributed by atoms with van der Waals surface area (Å²) in [6, 6.07) is 6.90. The number of likely N-dealkylation sites (tertiary alicyclic amines) is 1. The summed E-state index contributed by atoms with van der Waals surface area (Å²) in [4.78, 5) is 28.4. The lowest BCUT2D eigenvalue weighted by Crippen LogP contribution is -2.53. The van der Waals surface area contributed by atoms with E-state index in [9.17, 15) is 10.1 Å². The van der Waals surface area contributed by atoms with Crippen LogP contribution in [0, 0.1) is 11.3 Å². The molecular formula is C25H39N7O2. The molecule has 0 N–H and O–H groups in total. The minimum absolute atomic E-state index is 0.261. The van der Waals surface area contributed by atoms with E-state index in [0.29, 0.717) is 37.9 Å². The van der Waals surface area contributed by atoms with Crippen LogP contribution in [0.4, 0.5) is 16.3 Å². The number of nitriles is 1. The molecule has 0 spiro atoms. The van der Waals surface area contributed by atoms with Crippen molar-refractivity contribution >= 4 is 17.6 Å². The van der Waals surface area contributed by atoms with Gasteiger partial charge < -0.3 is 24.3 Å². The van der Waals surface area contributed by atoms with Crippen molar-refractivity contribution in [2.24, 2.45) is 0 Å². The van der Waals surface area contributed by atoms with Crippen LogP contribution < -0.4 is 9.80 Å². The molecule has 0 aromatic carbocycles. The van der Waals surface area contributed by atoms with E-state index in [4.69, 9.17) is 4.74 Å². The zero-order valence-corrected chi connectivity index (χ0v) is 21.2. The van der Waals surface area contributed by atoms with E-state index in [1.807, 2.05) is 26.8 Å². The lowest BCUT2D eigenvalue weighted by atomic mass is 10.0. The Morgan fingerprint density at radius 2 is 1.59 bits per heavy atom. The Balaban J connectivity index is 1.36. The minimum Gasteiger partial charge on any atom is -0.444 e. The largest absolute Gasteiger partial charge is 0.444 e. The van der Waals surface area contributed by atoms with Crippen molar-refractivity contribution in [2.45, 2.75) is 45.3 Å². The molecule has 0 aliphatic carbocycles. The number of hydrogen-bond acceptors (Lipinski definition) is 8. The highest BCUT2D eigenvalue weighted by molar-refractivity contribution is 5.69. The van der Waals surface area contributed by atoms with E-state index in [-0.39, 0.29) is 6.09 Å². The van der Waals surface area contributed by atoms with E-state index in [0.717, 1.165) is 37.7 Å². The number of piperazine rings is 2. The molecule has 3 aliphatic heterocycles. The van der Waals surface area contributed by atoms with Gasteiger partial charge in [-0.25, -0.2) is 9.78 Å². The van der Waals surface area contributed by atoms with Gasteiger partial charge in [0.25, 0.3) is 0 Å². The Labute approximate surface area is 203 Å². The van der Waals surface area contributed by atoms with Crippen molar-refractivity contribution in [1.82, 2.24) is 19.7 Å². The second-order valence-corrected chi connectivity index (χ2v) is 10.7. The maximum atomic E-state index is 12.4. The third kappa shape index (κ3) is 6.10. The molecule has 4 heterocycles. The molecular weight excluding hydrogens is 430 g/mol. The van der Waals surface area contributed by atoms with E-state index >= 15 is 0 Å². The SMILES string of the molecule is CN1CCC(N2CCN(c3cc(N4CCN(C(=O)OC(C)(C)C)CC4)cc(C#N)n3)CC2)CC1. The van der Waals surface area contributed by atoms with Gasteiger partial charge in [-0.05, 0) is 59.8 Å². The molecule has 3 fully saturated rings. The molecule has 186 valence electrons. The second-order valence-electron chi connectivity index (χ2n) is 10.7. The van der Waals surface area contributed by atoms with E-state index in [2.05, 4.69) is 43.8 Å². The lowest BCUT2D eigenvalue weighted by Gasteiger charge is -2.42. The van der Waals surface area contributed by atoms with Gasteiger partial charge in [0.15, 0.2) is 0 Å². The van der Waals surface area contributed by atoms with Gasteiger partial charge in [0, 0.05) is 70.2 Å². The van der Waals surface area contributed by atoms with Crippen LogP contribution >= 0.6 is 0 Å². The minimum atomic E-state index is -0.493. The number of piperidine rings is 1. The Bertz CT molecular complexity index is 886. The molecule has 0 saturated carbocycles. The van der Waals surface area contributed by atoms with Crippen LogP contribution in [0.5, 0.6) is 0 Å². The van der Waals surface area contributed by atoms with Crippen molar-refractivity contribution in [3.05, 3.63) is 17.8 Å². The number of rotatable bonds is 3. The number of ether oxygens (including phenoxy) is 1. The molecule has 3 aliphatic rings. The Morgan fingerprint density at radius 3 is 2.18 bits per heavy atom. The lowest BCUT2D eigenvalue weighted by molar-refractivity contribution is 0.0240. The van der Waals surface area contributed by atoms with E-state index in [1.165, 1.54) is 25.9 Å². The average Bonchev–Trinajstić information content (AvgIpc) is 2.83. The summed E-state index contributed by atoms with van der Waals surface area (Å²) in [6.45, 7) is 14.6. The van der Waals surface area contributed by atoms with Crippen molar-refractivity contribution < 1.29 is 9.53 Å². The smallest absolute Gasteiger partial charge is 0.410 e. The van der Waals surface area contributed by atoms with E-state index < -0.39 is 5.60 Å². The van der Waals surface area contributed by atoms with Crippen molar-refractivity contribution in [3.63, 3.8) is 0 Å². The van der Waals surface area contributed by atoms with Gasteiger partial charge in [-0.2, -0.15) is 5.26 Å². The highest BCUT2D eigenvalue weighted by Gasteiger charge is 2.29. The van der Waals surface area contributed by atoms with Gasteiger partial charge in [-0.15, -0.1) is 0 Å². The fourth-order valence-corrected chi connectivity index (χ4v) is 5.05. The average molecular weight is 470 g/mol. The van der Waals surface area contributed by atoms with Crippen molar-refractivity contribution in [1.29, 1.82) is 5.26 Å². The predicted molar refractivity (Wildman–Crippen MR) is 133 cm³/mol. The summed E-state index contributed by atoms with van der Waals surface area (Å²) in [7, 11) is 2.21. The molecule has 34 heavy (non-hydrogen) atoms. The molecule has 9 heteroatoms. The van der Waals surface area contributed by atoms with Gasteiger partial charge in [-0.3, -0.25) is 4.90 Å². The number of carbonyl (C=O) groups excluding carboxylic acids is 1. The highest BCUT2D eigenvalue weighted by Crippen LogP contribution is 2.26. The summed E-state index contributed by atoms with van der Waals surface area (Å²) < 4.78 is 5.51. The number of hydrogen-bond donors (Lipinski definition) is 0. The topological polar surface area (TPSA) is 79.2 Å². The predicted octanol–water partition coefficient (Wildman–Crippen LogP) is 2.23. The molecule has 0 bridgehead atoms. The Kier molecular flexibility index (Phi) is 7.48. The first-order valence-corrected chi connectivity index (χ1v) is 12.5. The summed E-state index contributed by atoms with van der Waals surface area (Å²) in [5.74, 6) is 0.881. The standard InChI is InChI=1S/C25H39N7O2/c1-25(2,3)34-24(33)32-15-11-30(12-16-32)22-17-20(19-26)27-23(18-22)31-13-9-29(10-14-31)21-5-7-28(4)8-6-21/h17-18,21H,5-16H2,1-4H3. The molecule has 0 unspecified atom stereocenters. The zero-order chi connectivity index (χ0) is 24.3. The molecule has 0 radical (unpaired) electrons. The van der Waals surface area contributed by atoms with Gasteiger partial charge >= 0.3 is 6.09 Å². The van der Waals surface area contributed by atoms with Crippen LogP contribution in [-0.2, 0) is 4.74 Å². The highest BCUT2D eigenvalue weighted by atomic mass is 16.6. The number of pyridine rings is 1. The van der Waals surface area contributed by atoms with E-state index in [1.54, 1.807) is 4.90 Å². The number of carbonyl (C=O) groups is 1. The quantitative estimate of drug-likeness (QED) is 0.667. The normalized spacial score (nSPS) is 21.4. The van der Waals surface area contributed by atoms with Crippen LogP contribution in [0.2, 0.25) is 0 Å². The summed E-state index contributed by atoms with van der Waals surface area (Å²) >= 11 is 0. The maximum absolute atomic E-state index is 12.4. The summed E-state index contributed by atoms with van der Waals surface area (Å²) in [6.07, 6.45) is 2.23. The van der Waals surface area contributed by atoms with Crippen LogP contribution in [0.3, 0.4) is 0 Å². The Hall–Kier alpha value is -2.57. The molecule has 4 rings (SSSR count). The molecule has 3 saturated heterocycles. The number of amides is 1. The number of aromatic nitrogens is 1. The van der Waals surface area contributed by atoms with Gasteiger partial charge in [0.1, 0.15) is 23.2 Å². The molecule has 9 nitrogen and oxygen atoms in total. The van der Waals surface area contributed by atoms with Crippen molar-refractivity contribution in [3.8, 4) is 6.07 Å². The second kappa shape index (κ2) is 10.4. The van der Waals surface area contributed by atoms with Crippen molar-refractivity contribution in [2.75, 3.05) is 82.3 Å². The molecule has 1 amide bonds. The zero-order valence-electron chi connectivity index (χ0n) is 21.2. The number of nitrogens with zero attached hydrogens (tertiary/aromatic N) is 7. The summed E-state index contributed by atoms with van der Waals surface area (Å²) in [5.41, 5.74) is 0.954. The first kappa shape index (κ1) is 24.6. The number of anilines is 2. The fourth-order valence-electron chi connectivity index (χ4n) is 5.05. The van der Waals surface area contributed by atoms with Crippen LogP contribution in [0.25, 0.3) is 0 Å². The monoisotopic (exact) mass is 469 g/mol. The maximum Gasteiger partial charge on any atom is 0.410 e. The third-order valence-electron chi connectivity index (χ3n) is 7.05. The summed E-state index contributed by atoms with van der Waals surface area (Å²) in [5, 5.41) is 9.61. The molecule has 1 aromatic heterocycles. The van der Waals surface area contributed by atoms with Gasteiger partial charge in [-0.1, -0.05) is 0 Å². The molecule has 1 aromatic rings. The van der Waals surface area contributed by atoms with Gasteiger partial charge in [0.05, 0.1) is 0 Å².